The van der Waals surface area contributed by atoms with Crippen LogP contribution >= 0.6 is 27.5 Å². The van der Waals surface area contributed by atoms with Gasteiger partial charge in [-0.15, -0.1) is 11.6 Å². The van der Waals surface area contributed by atoms with E-state index in [0.717, 1.165) is 6.54 Å². The average Bonchev–Trinajstić information content (AvgIpc) is 2.74. The Hall–Kier alpha value is -0.0800. The Morgan fingerprint density at radius 2 is 2.21 bits per heavy atom. The molecular formula is C11H16BrClN2O3S. The van der Waals surface area contributed by atoms with Crippen molar-refractivity contribution in [1.82, 2.24) is 9.21 Å². The molecule has 0 amide bonds. The highest BCUT2D eigenvalue weighted by molar-refractivity contribution is 9.10. The second-order valence-corrected chi connectivity index (χ2v) is 7.57. The number of rotatable bonds is 3. The zero-order chi connectivity index (χ0) is 14.2. The maximum absolute atomic E-state index is 12.6. The molecule has 2 heterocycles. The summed E-state index contributed by atoms with van der Waals surface area (Å²) in [6, 6.07) is 1.68. The molecule has 1 aromatic rings. The van der Waals surface area contributed by atoms with Crippen molar-refractivity contribution in [2.75, 3.05) is 26.7 Å². The maximum atomic E-state index is 12.6. The monoisotopic (exact) mass is 370 g/mol. The number of furan rings is 1. The lowest BCUT2D eigenvalue weighted by atomic mass is 10.2. The molecule has 19 heavy (non-hydrogen) atoms. The zero-order valence-electron chi connectivity index (χ0n) is 10.8. The quantitative estimate of drug-likeness (QED) is 0.764. The molecule has 8 heteroatoms. The molecule has 1 aliphatic rings. The second kappa shape index (κ2) is 5.73. The number of nitrogens with zero attached hydrogens (tertiary/aromatic N) is 2. The van der Waals surface area contributed by atoms with Crippen LogP contribution in [0.1, 0.15) is 12.7 Å². The third-order valence-electron chi connectivity index (χ3n) is 3.38. The minimum atomic E-state index is -3.53. The van der Waals surface area contributed by atoms with Crippen molar-refractivity contribution < 1.29 is 12.8 Å². The van der Waals surface area contributed by atoms with Crippen LogP contribution in [0.2, 0.25) is 0 Å². The molecule has 108 valence electrons. The highest BCUT2D eigenvalue weighted by atomic mass is 79.9. The van der Waals surface area contributed by atoms with Crippen molar-refractivity contribution in [3.63, 3.8) is 0 Å². The topological polar surface area (TPSA) is 53.8 Å². The van der Waals surface area contributed by atoms with Crippen LogP contribution in [0.25, 0.3) is 0 Å². The van der Waals surface area contributed by atoms with Crippen LogP contribution in [-0.2, 0) is 15.9 Å². The molecule has 5 nitrogen and oxygen atoms in total. The number of likely N-dealkylation sites (N-methyl/N-ethyl adjacent to an activating group) is 1. The van der Waals surface area contributed by atoms with Crippen molar-refractivity contribution in [3.8, 4) is 0 Å². The summed E-state index contributed by atoms with van der Waals surface area (Å²) in [6.07, 6.45) is 0. The van der Waals surface area contributed by atoms with Gasteiger partial charge in [0.05, 0.1) is 5.88 Å². The first-order chi connectivity index (χ1) is 8.86. The summed E-state index contributed by atoms with van der Waals surface area (Å²) in [7, 11) is -1.54. The van der Waals surface area contributed by atoms with Gasteiger partial charge >= 0.3 is 0 Å². The normalized spacial score (nSPS) is 22.8. The molecule has 1 aromatic heterocycles. The number of alkyl halides is 1. The molecule has 0 aliphatic carbocycles. The number of piperazine rings is 1. The van der Waals surface area contributed by atoms with E-state index in [4.69, 9.17) is 16.0 Å². The molecule has 0 radical (unpaired) electrons. The first-order valence-electron chi connectivity index (χ1n) is 5.91. The predicted octanol–water partition coefficient (Wildman–Crippen LogP) is 2.11. The Balaban J connectivity index is 2.29. The lowest BCUT2D eigenvalue weighted by molar-refractivity contribution is 0.159. The Bertz CT molecular complexity index is 560. The summed E-state index contributed by atoms with van der Waals surface area (Å²) in [5.74, 6) is 0.585. The van der Waals surface area contributed by atoms with E-state index >= 15 is 0 Å². The van der Waals surface area contributed by atoms with E-state index in [2.05, 4.69) is 20.8 Å². The second-order valence-electron chi connectivity index (χ2n) is 4.68. The van der Waals surface area contributed by atoms with Gasteiger partial charge in [-0.05, 0) is 29.9 Å². The number of hydrogen-bond acceptors (Lipinski definition) is 4. The lowest BCUT2D eigenvalue weighted by Gasteiger charge is -2.36. The zero-order valence-corrected chi connectivity index (χ0v) is 13.9. The molecule has 1 aliphatic heterocycles. The van der Waals surface area contributed by atoms with Gasteiger partial charge in [-0.2, -0.15) is 4.31 Å². The van der Waals surface area contributed by atoms with Gasteiger partial charge in [0, 0.05) is 31.7 Å². The van der Waals surface area contributed by atoms with E-state index in [1.807, 2.05) is 14.0 Å². The van der Waals surface area contributed by atoms with E-state index in [9.17, 15) is 8.42 Å². The van der Waals surface area contributed by atoms with Gasteiger partial charge in [0.1, 0.15) is 10.7 Å². The number of halogens is 2. The first-order valence-corrected chi connectivity index (χ1v) is 8.67. The van der Waals surface area contributed by atoms with E-state index in [1.54, 1.807) is 0 Å². The highest BCUT2D eigenvalue weighted by Gasteiger charge is 2.33. The van der Waals surface area contributed by atoms with Crippen molar-refractivity contribution in [2.24, 2.45) is 0 Å². The molecule has 1 unspecified atom stereocenters. The van der Waals surface area contributed by atoms with Crippen LogP contribution in [-0.4, -0.2) is 50.3 Å². The number of sulfonamides is 1. The molecular weight excluding hydrogens is 356 g/mol. The summed E-state index contributed by atoms with van der Waals surface area (Å²) in [6.45, 7) is 3.69. The van der Waals surface area contributed by atoms with Crippen molar-refractivity contribution in [1.29, 1.82) is 0 Å². The third-order valence-corrected chi connectivity index (χ3v) is 6.36. The molecule has 0 bridgehead atoms. The molecule has 0 aromatic carbocycles. The van der Waals surface area contributed by atoms with Gasteiger partial charge in [0.15, 0.2) is 4.67 Å². The standard InChI is InChI=1S/C11H16BrClN2O3S/c1-8-7-15(4-3-14(8)2)19(16,17)10-5-9(6-13)18-11(10)12/h5,8H,3-4,6-7H2,1-2H3. The SMILES string of the molecule is CC1CN(S(=O)(=O)c2cc(CCl)oc2Br)CCN1C. The van der Waals surface area contributed by atoms with Crippen LogP contribution in [0, 0.1) is 0 Å². The minimum Gasteiger partial charge on any atom is -0.452 e. The molecule has 1 fully saturated rings. The average molecular weight is 372 g/mol. The largest absolute Gasteiger partial charge is 0.452 e. The van der Waals surface area contributed by atoms with Crippen molar-refractivity contribution >= 4 is 37.6 Å². The van der Waals surface area contributed by atoms with Crippen molar-refractivity contribution in [3.05, 3.63) is 16.5 Å². The lowest BCUT2D eigenvalue weighted by Crippen LogP contribution is -2.51. The molecule has 0 spiro atoms. The molecule has 1 atom stereocenters. The third kappa shape index (κ3) is 3.00. The van der Waals surface area contributed by atoms with Gasteiger partial charge in [-0.25, -0.2) is 8.42 Å². The minimum absolute atomic E-state index is 0.146. The van der Waals surface area contributed by atoms with Crippen molar-refractivity contribution in [2.45, 2.75) is 23.7 Å². The summed E-state index contributed by atoms with van der Waals surface area (Å²) in [4.78, 5) is 2.29. The van der Waals surface area contributed by atoms with Crippen LogP contribution in [0.3, 0.4) is 0 Å². The molecule has 1 saturated heterocycles. The van der Waals surface area contributed by atoms with Gasteiger partial charge in [-0.3, -0.25) is 0 Å². The molecule has 0 N–H and O–H groups in total. The molecule has 2 rings (SSSR count). The highest BCUT2D eigenvalue weighted by Crippen LogP contribution is 2.30. The fourth-order valence-corrected chi connectivity index (χ4v) is 4.62. The summed E-state index contributed by atoms with van der Waals surface area (Å²) >= 11 is 8.81. The van der Waals surface area contributed by atoms with Gasteiger partial charge < -0.3 is 9.32 Å². The van der Waals surface area contributed by atoms with Crippen LogP contribution in [0.4, 0.5) is 0 Å². The number of hydrogen-bond donors (Lipinski definition) is 0. The van der Waals surface area contributed by atoms with Crippen LogP contribution in [0.15, 0.2) is 20.0 Å². The van der Waals surface area contributed by atoms with E-state index in [1.165, 1.54) is 10.4 Å². The Morgan fingerprint density at radius 3 is 2.74 bits per heavy atom. The molecule has 0 saturated carbocycles. The van der Waals surface area contributed by atoms with E-state index < -0.39 is 10.0 Å². The van der Waals surface area contributed by atoms with Gasteiger partial charge in [-0.1, -0.05) is 0 Å². The Labute approximate surface area is 126 Å². The van der Waals surface area contributed by atoms with Crippen LogP contribution < -0.4 is 0 Å². The predicted molar refractivity (Wildman–Crippen MR) is 76.8 cm³/mol. The Morgan fingerprint density at radius 1 is 1.53 bits per heavy atom. The fraction of sp³-hybridized carbons (Fsp3) is 0.636. The van der Waals surface area contributed by atoms with Gasteiger partial charge in [0.2, 0.25) is 10.0 Å². The van der Waals surface area contributed by atoms with Crippen LogP contribution in [0.5, 0.6) is 0 Å². The fourth-order valence-electron chi connectivity index (χ4n) is 2.01. The smallest absolute Gasteiger partial charge is 0.247 e. The van der Waals surface area contributed by atoms with Gasteiger partial charge in [0.25, 0.3) is 0 Å². The van der Waals surface area contributed by atoms with E-state index in [-0.39, 0.29) is 21.5 Å². The first kappa shape index (κ1) is 15.3. The summed E-state index contributed by atoms with van der Waals surface area (Å²) in [5, 5.41) is 0. The Kier molecular flexibility index (Phi) is 4.62. The summed E-state index contributed by atoms with van der Waals surface area (Å²) < 4.78 is 32.1. The maximum Gasteiger partial charge on any atom is 0.247 e. The summed E-state index contributed by atoms with van der Waals surface area (Å²) in [5.41, 5.74) is 0. The van der Waals surface area contributed by atoms with E-state index in [0.29, 0.717) is 18.8 Å².